The van der Waals surface area contributed by atoms with Crippen LogP contribution in [0, 0.1) is 5.82 Å². The van der Waals surface area contributed by atoms with Gasteiger partial charge in [0.25, 0.3) is 0 Å². The third-order valence-corrected chi connectivity index (χ3v) is 3.61. The van der Waals surface area contributed by atoms with E-state index < -0.39 is 5.82 Å². The first-order chi connectivity index (χ1) is 11.0. The predicted octanol–water partition coefficient (Wildman–Crippen LogP) is 4.07. The number of methoxy groups -OCH3 is 2. The van der Waals surface area contributed by atoms with Crippen molar-refractivity contribution in [1.82, 2.24) is 0 Å². The molecule has 2 rings (SSSR count). The van der Waals surface area contributed by atoms with E-state index in [1.54, 1.807) is 26.4 Å². The number of nitrogens with one attached hydrogen (secondary N) is 1. The zero-order valence-corrected chi connectivity index (χ0v) is 13.6. The fraction of sp³-hybridized carbons (Fsp3) is 0.235. The van der Waals surface area contributed by atoms with Gasteiger partial charge in [-0.25, -0.2) is 4.39 Å². The van der Waals surface area contributed by atoms with Gasteiger partial charge in [-0.15, -0.1) is 0 Å². The smallest absolute Gasteiger partial charge is 0.224 e. The molecule has 0 aliphatic carbocycles. The van der Waals surface area contributed by atoms with E-state index in [0.29, 0.717) is 17.9 Å². The van der Waals surface area contributed by atoms with Gasteiger partial charge in [0.05, 0.1) is 24.9 Å². The van der Waals surface area contributed by atoms with Crippen molar-refractivity contribution in [2.24, 2.45) is 0 Å². The van der Waals surface area contributed by atoms with Crippen molar-refractivity contribution in [3.8, 4) is 11.5 Å². The van der Waals surface area contributed by atoms with Crippen LogP contribution in [0.4, 0.5) is 10.1 Å². The molecule has 0 unspecified atom stereocenters. The van der Waals surface area contributed by atoms with Crippen LogP contribution in [0.3, 0.4) is 0 Å². The van der Waals surface area contributed by atoms with Gasteiger partial charge in [-0.1, -0.05) is 23.7 Å². The Morgan fingerprint density at radius 3 is 2.61 bits per heavy atom. The van der Waals surface area contributed by atoms with Crippen LogP contribution in [-0.2, 0) is 11.2 Å². The molecule has 2 aromatic rings. The summed E-state index contributed by atoms with van der Waals surface area (Å²) in [6.45, 7) is 0. The molecule has 1 amide bonds. The van der Waals surface area contributed by atoms with Gasteiger partial charge < -0.3 is 14.8 Å². The second-order valence-corrected chi connectivity index (χ2v) is 5.25. The highest BCUT2D eigenvalue weighted by atomic mass is 35.5. The van der Waals surface area contributed by atoms with E-state index in [2.05, 4.69) is 5.32 Å². The molecule has 6 heteroatoms. The number of carbonyl (C=O) groups is 1. The lowest BCUT2D eigenvalue weighted by molar-refractivity contribution is -0.116. The Bertz CT molecular complexity index is 706. The van der Waals surface area contributed by atoms with Crippen molar-refractivity contribution in [3.05, 3.63) is 52.8 Å². The number of hydrogen-bond donors (Lipinski definition) is 1. The molecule has 0 spiro atoms. The third kappa shape index (κ3) is 4.36. The number of amides is 1. The lowest BCUT2D eigenvalue weighted by atomic mass is 10.1. The van der Waals surface area contributed by atoms with Gasteiger partial charge in [0.1, 0.15) is 0 Å². The first-order valence-electron chi connectivity index (χ1n) is 7.00. The van der Waals surface area contributed by atoms with E-state index in [9.17, 15) is 9.18 Å². The normalized spacial score (nSPS) is 10.3. The molecule has 0 heterocycles. The number of rotatable bonds is 6. The highest BCUT2D eigenvalue weighted by molar-refractivity contribution is 6.31. The van der Waals surface area contributed by atoms with Gasteiger partial charge in [0, 0.05) is 6.42 Å². The Hall–Kier alpha value is -2.27. The van der Waals surface area contributed by atoms with Crippen LogP contribution in [0.15, 0.2) is 36.4 Å². The quantitative estimate of drug-likeness (QED) is 0.864. The van der Waals surface area contributed by atoms with Gasteiger partial charge in [-0.05, 0) is 36.2 Å². The van der Waals surface area contributed by atoms with Crippen LogP contribution in [-0.4, -0.2) is 20.1 Å². The summed E-state index contributed by atoms with van der Waals surface area (Å²) in [6.07, 6.45) is 0.704. The predicted molar refractivity (Wildman–Crippen MR) is 87.9 cm³/mol. The van der Waals surface area contributed by atoms with Crippen molar-refractivity contribution in [2.75, 3.05) is 19.5 Å². The minimum atomic E-state index is -0.631. The average molecular weight is 338 g/mol. The molecule has 122 valence electrons. The maximum absolute atomic E-state index is 13.7. The van der Waals surface area contributed by atoms with E-state index in [4.69, 9.17) is 21.1 Å². The van der Waals surface area contributed by atoms with E-state index >= 15 is 0 Å². The number of carbonyl (C=O) groups excluding carboxylic acids is 1. The molecule has 0 aliphatic rings. The largest absolute Gasteiger partial charge is 0.493 e. The molecule has 4 nitrogen and oxygen atoms in total. The topological polar surface area (TPSA) is 47.6 Å². The zero-order chi connectivity index (χ0) is 16.8. The fourth-order valence-corrected chi connectivity index (χ4v) is 2.28. The number of benzene rings is 2. The molecule has 0 atom stereocenters. The molecule has 0 saturated carbocycles. The minimum absolute atomic E-state index is 0.0253. The average Bonchev–Trinajstić information content (AvgIpc) is 2.56. The maximum Gasteiger partial charge on any atom is 0.224 e. The van der Waals surface area contributed by atoms with Crippen molar-refractivity contribution >= 4 is 23.2 Å². The summed E-state index contributed by atoms with van der Waals surface area (Å²) in [5.74, 6) is 0.308. The molecule has 0 radical (unpaired) electrons. The Morgan fingerprint density at radius 2 is 1.91 bits per heavy atom. The Kier molecular flexibility index (Phi) is 5.82. The van der Waals surface area contributed by atoms with E-state index in [-0.39, 0.29) is 23.0 Å². The van der Waals surface area contributed by atoms with Crippen LogP contribution in [0.1, 0.15) is 12.0 Å². The number of ether oxygens (including phenoxy) is 2. The van der Waals surface area contributed by atoms with Gasteiger partial charge in [-0.2, -0.15) is 0 Å². The second kappa shape index (κ2) is 7.83. The first-order valence-corrected chi connectivity index (χ1v) is 7.37. The van der Waals surface area contributed by atoms with E-state index in [1.165, 1.54) is 12.1 Å². The summed E-state index contributed by atoms with van der Waals surface area (Å²) in [4.78, 5) is 12.0. The lowest BCUT2D eigenvalue weighted by Gasteiger charge is -2.10. The van der Waals surface area contributed by atoms with Gasteiger partial charge in [0.15, 0.2) is 17.3 Å². The highest BCUT2D eigenvalue weighted by Gasteiger charge is 2.11. The summed E-state index contributed by atoms with van der Waals surface area (Å²) >= 11 is 5.68. The highest BCUT2D eigenvalue weighted by Crippen LogP contribution is 2.28. The van der Waals surface area contributed by atoms with E-state index in [0.717, 1.165) is 5.56 Å². The van der Waals surface area contributed by atoms with Crippen molar-refractivity contribution in [1.29, 1.82) is 0 Å². The summed E-state index contributed by atoms with van der Waals surface area (Å²) in [6, 6.07) is 9.92. The molecule has 0 bridgehead atoms. The molecular formula is C17H17ClFNO3. The van der Waals surface area contributed by atoms with Gasteiger partial charge in [0.2, 0.25) is 5.91 Å². The fourth-order valence-electron chi connectivity index (χ4n) is 2.11. The van der Waals surface area contributed by atoms with E-state index in [1.807, 2.05) is 12.1 Å². The lowest BCUT2D eigenvalue weighted by Crippen LogP contribution is -2.13. The number of aryl methyl sites for hydroxylation is 1. The van der Waals surface area contributed by atoms with Gasteiger partial charge in [-0.3, -0.25) is 4.79 Å². The molecule has 0 fully saturated rings. The number of hydrogen-bond acceptors (Lipinski definition) is 3. The first kappa shape index (κ1) is 17.1. The van der Waals surface area contributed by atoms with Gasteiger partial charge >= 0.3 is 0 Å². The van der Waals surface area contributed by atoms with Crippen molar-refractivity contribution in [2.45, 2.75) is 12.8 Å². The summed E-state index contributed by atoms with van der Waals surface area (Å²) in [7, 11) is 3.11. The molecule has 2 aromatic carbocycles. The van der Waals surface area contributed by atoms with Crippen LogP contribution in [0.5, 0.6) is 11.5 Å². The summed E-state index contributed by atoms with van der Waals surface area (Å²) in [5.41, 5.74) is 0.999. The maximum atomic E-state index is 13.7. The van der Waals surface area contributed by atoms with Crippen molar-refractivity contribution in [3.63, 3.8) is 0 Å². The molecule has 23 heavy (non-hydrogen) atoms. The summed E-state index contributed by atoms with van der Waals surface area (Å²) in [5, 5.41) is 2.49. The minimum Gasteiger partial charge on any atom is -0.493 e. The standard InChI is InChI=1S/C17H17ClFNO3/c1-22-14-8-6-11(10-15(14)23-2)7-9-16(21)20-13-5-3-4-12(18)17(13)19/h3-6,8,10H,7,9H2,1-2H3,(H,20,21). The second-order valence-electron chi connectivity index (χ2n) is 4.84. The Morgan fingerprint density at radius 1 is 1.17 bits per heavy atom. The molecule has 1 N–H and O–H groups in total. The monoisotopic (exact) mass is 337 g/mol. The molecule has 0 saturated heterocycles. The SMILES string of the molecule is COc1ccc(CCC(=O)Nc2cccc(Cl)c2F)cc1OC. The number of anilines is 1. The summed E-state index contributed by atoms with van der Waals surface area (Å²) < 4.78 is 24.1. The molecule has 0 aliphatic heterocycles. The molecule has 0 aromatic heterocycles. The third-order valence-electron chi connectivity index (χ3n) is 3.31. The van der Waals surface area contributed by atoms with Crippen LogP contribution >= 0.6 is 11.6 Å². The van der Waals surface area contributed by atoms with Crippen molar-refractivity contribution < 1.29 is 18.7 Å². The Labute approximate surface area is 139 Å². The zero-order valence-electron chi connectivity index (χ0n) is 12.9. The van der Waals surface area contributed by atoms with Crippen LogP contribution in [0.2, 0.25) is 5.02 Å². The Balaban J connectivity index is 1.98. The molecular weight excluding hydrogens is 321 g/mol. The van der Waals surface area contributed by atoms with Crippen LogP contribution < -0.4 is 14.8 Å². The number of halogens is 2. The van der Waals surface area contributed by atoms with Crippen LogP contribution in [0.25, 0.3) is 0 Å².